The van der Waals surface area contributed by atoms with Gasteiger partial charge in [-0.25, -0.2) is 0 Å². The first kappa shape index (κ1) is 41.6. The van der Waals surface area contributed by atoms with Crippen molar-refractivity contribution in [3.63, 3.8) is 0 Å². The SMILES string of the molecule is CCCCC1c2cc(c(O)c(O)c2O)C(CCCC)c2cc(c(O)c(O)c2O)C(CCCC)c2cc(c(O)c(O)c2O)C(CCCC)c2cc1c(O)c(O)c2O. The summed E-state index contributed by atoms with van der Waals surface area (Å²) in [5.41, 5.74) is 0.480. The summed E-state index contributed by atoms with van der Waals surface area (Å²) in [6, 6.07) is 5.85. The van der Waals surface area contributed by atoms with Gasteiger partial charge in [-0.1, -0.05) is 79.1 Å². The maximum Gasteiger partial charge on any atom is 0.200 e. The Balaban J connectivity index is 2.06. The minimum atomic E-state index is -0.967. The summed E-state index contributed by atoms with van der Waals surface area (Å²) in [6.07, 6.45) is 5.74. The van der Waals surface area contributed by atoms with Crippen molar-refractivity contribution in [2.24, 2.45) is 0 Å². The molecule has 4 aromatic rings. The van der Waals surface area contributed by atoms with Gasteiger partial charge in [0.25, 0.3) is 0 Å². The van der Waals surface area contributed by atoms with Gasteiger partial charge in [-0.15, -0.1) is 0 Å². The van der Waals surface area contributed by atoms with E-state index in [1.807, 2.05) is 27.7 Å². The van der Waals surface area contributed by atoms with Crippen LogP contribution in [0.1, 0.15) is 173 Å². The summed E-state index contributed by atoms with van der Waals surface area (Å²) in [4.78, 5) is 0. The average molecular weight is 777 g/mol. The Labute approximate surface area is 326 Å². The maximum atomic E-state index is 11.5. The zero-order valence-corrected chi connectivity index (χ0v) is 32.5. The van der Waals surface area contributed by atoms with Crippen molar-refractivity contribution in [3.8, 4) is 69.0 Å². The second-order valence-corrected chi connectivity index (χ2v) is 15.2. The lowest BCUT2D eigenvalue weighted by Gasteiger charge is -2.30. The fourth-order valence-electron chi connectivity index (χ4n) is 8.43. The van der Waals surface area contributed by atoms with Crippen LogP contribution in [0, 0.1) is 0 Å². The van der Waals surface area contributed by atoms with Gasteiger partial charge in [-0.3, -0.25) is 0 Å². The molecule has 1 aliphatic carbocycles. The van der Waals surface area contributed by atoms with E-state index in [0.29, 0.717) is 51.4 Å². The van der Waals surface area contributed by atoms with E-state index >= 15 is 0 Å². The molecule has 304 valence electrons. The van der Waals surface area contributed by atoms with E-state index < -0.39 is 92.7 Å². The number of fused-ring (bicyclic) bond motifs is 8. The smallest absolute Gasteiger partial charge is 0.200 e. The van der Waals surface area contributed by atoms with Gasteiger partial charge in [0.2, 0.25) is 23.0 Å². The maximum absolute atomic E-state index is 11.5. The van der Waals surface area contributed by atoms with Crippen molar-refractivity contribution in [2.45, 2.75) is 128 Å². The van der Waals surface area contributed by atoms with Gasteiger partial charge in [0.1, 0.15) is 0 Å². The number of benzene rings is 4. The van der Waals surface area contributed by atoms with Crippen LogP contribution in [0.15, 0.2) is 24.3 Å². The minimum Gasteiger partial charge on any atom is -0.504 e. The highest BCUT2D eigenvalue weighted by Crippen LogP contribution is 2.58. The lowest BCUT2D eigenvalue weighted by atomic mass is 9.76. The normalized spacial score (nSPS) is 17.9. The van der Waals surface area contributed by atoms with E-state index in [2.05, 4.69) is 0 Å². The molecular formula is C44H56O12. The monoisotopic (exact) mass is 776 g/mol. The Kier molecular flexibility index (Phi) is 12.7. The number of unbranched alkanes of at least 4 members (excludes halogenated alkanes) is 4. The highest BCUT2D eigenvalue weighted by molar-refractivity contribution is 5.70. The number of phenols is 12. The van der Waals surface area contributed by atoms with Crippen LogP contribution in [0.2, 0.25) is 0 Å². The van der Waals surface area contributed by atoms with E-state index in [-0.39, 0.29) is 70.2 Å². The van der Waals surface area contributed by atoms with E-state index in [0.717, 1.165) is 0 Å². The molecule has 0 saturated carbocycles. The fourth-order valence-corrected chi connectivity index (χ4v) is 8.43. The zero-order chi connectivity index (χ0) is 41.2. The van der Waals surface area contributed by atoms with Crippen molar-refractivity contribution in [1.29, 1.82) is 0 Å². The Morgan fingerprint density at radius 2 is 0.411 bits per heavy atom. The predicted octanol–water partition coefficient (Wildman–Crippen LogP) is 9.76. The standard InChI is InChI=1S/C44H56O12/c1-5-9-13-21-25-17-27(35(47)41(53)33(25)45)22(14-10-6-2)29-19-31(39(51)43(55)37(29)49)24(16-12-8-4)32-20-30(38(50)44(56)40(32)52)23(15-11-7-3)28-18-26(21)34(46)42(54)36(28)48/h17-24,45-56H,5-16H2,1-4H3. The first-order chi connectivity index (χ1) is 26.7. The predicted molar refractivity (Wildman–Crippen MR) is 211 cm³/mol. The molecule has 5 rings (SSSR count). The third-order valence-corrected chi connectivity index (χ3v) is 11.6. The quantitative estimate of drug-likeness (QED) is 0.0602. The fraction of sp³-hybridized carbons (Fsp3) is 0.455. The van der Waals surface area contributed by atoms with Crippen molar-refractivity contribution in [2.75, 3.05) is 0 Å². The first-order valence-electron chi connectivity index (χ1n) is 19.8. The van der Waals surface area contributed by atoms with Crippen LogP contribution in [0.4, 0.5) is 0 Å². The Bertz CT molecular complexity index is 1670. The molecule has 12 N–H and O–H groups in total. The lowest BCUT2D eigenvalue weighted by Crippen LogP contribution is -2.12. The Morgan fingerprint density at radius 1 is 0.268 bits per heavy atom. The molecule has 0 amide bonds. The average Bonchev–Trinajstić information content (AvgIpc) is 3.18. The summed E-state index contributed by atoms with van der Waals surface area (Å²) in [5, 5.41) is 138. The third-order valence-electron chi connectivity index (χ3n) is 11.6. The molecule has 0 unspecified atom stereocenters. The number of hydrogen-bond donors (Lipinski definition) is 12. The number of hydrogen-bond acceptors (Lipinski definition) is 12. The molecule has 4 aromatic carbocycles. The summed E-state index contributed by atoms with van der Waals surface area (Å²) >= 11 is 0. The van der Waals surface area contributed by atoms with Crippen molar-refractivity contribution in [1.82, 2.24) is 0 Å². The topological polar surface area (TPSA) is 243 Å². The van der Waals surface area contributed by atoms with Gasteiger partial charge in [-0.05, 0) is 49.9 Å². The summed E-state index contributed by atoms with van der Waals surface area (Å²) in [7, 11) is 0. The molecule has 8 bridgehead atoms. The molecule has 0 saturated heterocycles. The molecule has 0 atom stereocenters. The second-order valence-electron chi connectivity index (χ2n) is 15.2. The number of phenolic OH excluding ortho intramolecular Hbond substituents is 12. The summed E-state index contributed by atoms with van der Waals surface area (Å²) in [6.45, 7) is 7.72. The van der Waals surface area contributed by atoms with Crippen molar-refractivity contribution < 1.29 is 61.3 Å². The molecule has 0 aromatic heterocycles. The molecule has 0 heterocycles. The van der Waals surface area contributed by atoms with Crippen LogP contribution < -0.4 is 0 Å². The van der Waals surface area contributed by atoms with Gasteiger partial charge >= 0.3 is 0 Å². The highest BCUT2D eigenvalue weighted by atomic mass is 16.3. The zero-order valence-electron chi connectivity index (χ0n) is 32.5. The molecule has 56 heavy (non-hydrogen) atoms. The van der Waals surface area contributed by atoms with Gasteiger partial charge in [0, 0.05) is 68.2 Å². The number of aromatic hydroxyl groups is 12. The van der Waals surface area contributed by atoms with Crippen LogP contribution in [0.3, 0.4) is 0 Å². The van der Waals surface area contributed by atoms with Crippen LogP contribution in [0.25, 0.3) is 0 Å². The Hall–Kier alpha value is -5.52. The number of rotatable bonds is 12. The molecule has 0 fully saturated rings. The van der Waals surface area contributed by atoms with Crippen LogP contribution >= 0.6 is 0 Å². The first-order valence-corrected chi connectivity index (χ1v) is 19.8. The molecular weight excluding hydrogens is 720 g/mol. The highest BCUT2D eigenvalue weighted by Gasteiger charge is 2.37. The summed E-state index contributed by atoms with van der Waals surface area (Å²) < 4.78 is 0. The van der Waals surface area contributed by atoms with Gasteiger partial charge < -0.3 is 61.3 Å². The molecule has 12 nitrogen and oxygen atoms in total. The van der Waals surface area contributed by atoms with Crippen molar-refractivity contribution >= 4 is 0 Å². The van der Waals surface area contributed by atoms with Gasteiger partial charge in [0.15, 0.2) is 46.0 Å². The van der Waals surface area contributed by atoms with E-state index in [9.17, 15) is 61.3 Å². The van der Waals surface area contributed by atoms with E-state index in [4.69, 9.17) is 0 Å². The van der Waals surface area contributed by atoms with Gasteiger partial charge in [0.05, 0.1) is 0 Å². The molecule has 1 aliphatic rings. The molecule has 0 radical (unpaired) electrons. The molecule has 0 aliphatic heterocycles. The van der Waals surface area contributed by atoms with E-state index in [1.54, 1.807) is 0 Å². The second kappa shape index (κ2) is 17.1. The largest absolute Gasteiger partial charge is 0.504 e. The van der Waals surface area contributed by atoms with Crippen LogP contribution in [0.5, 0.6) is 69.0 Å². The minimum absolute atomic E-state index is 0.0599. The van der Waals surface area contributed by atoms with Crippen molar-refractivity contribution in [3.05, 3.63) is 68.8 Å². The molecule has 12 heteroatoms. The summed E-state index contributed by atoms with van der Waals surface area (Å²) in [5.74, 6) is -12.9. The Morgan fingerprint density at radius 3 is 0.536 bits per heavy atom. The van der Waals surface area contributed by atoms with Crippen LogP contribution in [-0.2, 0) is 0 Å². The third kappa shape index (κ3) is 7.29. The van der Waals surface area contributed by atoms with Gasteiger partial charge in [-0.2, -0.15) is 0 Å². The van der Waals surface area contributed by atoms with E-state index in [1.165, 1.54) is 24.3 Å². The van der Waals surface area contributed by atoms with Crippen LogP contribution in [-0.4, -0.2) is 61.3 Å². The lowest BCUT2D eigenvalue weighted by molar-refractivity contribution is 0.348. The molecule has 0 spiro atoms.